The molecule has 1 atom stereocenters. The fourth-order valence-electron chi connectivity index (χ4n) is 0. The molecule has 0 aromatic carbocycles. The lowest BCUT2D eigenvalue weighted by atomic mass is 10.5. The van der Waals surface area contributed by atoms with Crippen LogP contribution < -0.4 is 0 Å². The van der Waals surface area contributed by atoms with Gasteiger partial charge in [-0.15, -0.1) is 0 Å². The van der Waals surface area contributed by atoms with Gasteiger partial charge >= 0.3 is 3.93 Å². The first-order chi connectivity index (χ1) is 3.25. The van der Waals surface area contributed by atoms with E-state index < -0.39 is 7.60 Å². The predicted octanol–water partition coefficient (Wildman–Crippen LogP) is 3.13. The molecule has 0 nitrogen and oxygen atoms in total. The van der Waals surface area contributed by atoms with Gasteiger partial charge < -0.3 is 0 Å². The molecule has 0 saturated carbocycles. The number of hydrogen-bond donors (Lipinski definition) is 0. The van der Waals surface area contributed by atoms with Crippen molar-refractivity contribution >= 4 is 45.2 Å². The van der Waals surface area contributed by atoms with Crippen LogP contribution in [0.2, 0.25) is 0 Å². The zero-order valence-corrected chi connectivity index (χ0v) is 8.20. The van der Waals surface area contributed by atoms with Crippen LogP contribution in [-0.4, -0.2) is 7.60 Å². The fraction of sp³-hybridized carbons (Fsp3) is 1.00. The summed E-state index contributed by atoms with van der Waals surface area (Å²) in [7, 11) is 0. The van der Waals surface area contributed by atoms with Gasteiger partial charge in [-0.25, -0.2) is 4.39 Å². The fourth-order valence-corrected chi connectivity index (χ4v) is 0. The maximum atomic E-state index is 12.1. The molecule has 0 spiro atoms. The molecule has 0 amide bonds. The Morgan fingerprint density at radius 2 is 1.25 bits per heavy atom. The van der Waals surface area contributed by atoms with Crippen LogP contribution in [0.15, 0.2) is 0 Å². The predicted molar refractivity (Wildman–Crippen MR) is 42.5 cm³/mol. The second-order valence-corrected chi connectivity index (χ2v) is 4.77. The Morgan fingerprint density at radius 1 is 1.12 bits per heavy atom. The highest BCUT2D eigenvalue weighted by atomic mass is 127. The Labute approximate surface area is 72.5 Å². The summed E-state index contributed by atoms with van der Waals surface area (Å²) in [4.78, 5) is 0. The van der Waals surface area contributed by atoms with Crippen molar-refractivity contribution in [3.8, 4) is 0 Å². The molecule has 0 radical (unpaired) electrons. The first-order valence-electron chi connectivity index (χ1n) is 1.69. The minimum atomic E-state index is -3.27. The zero-order valence-electron chi connectivity index (χ0n) is 3.89. The van der Waals surface area contributed by atoms with Crippen LogP contribution in [0.5, 0.6) is 0 Å². The molecule has 0 aromatic rings. The van der Waals surface area contributed by atoms with E-state index >= 15 is 0 Å². The van der Waals surface area contributed by atoms with Crippen LogP contribution in [0.1, 0.15) is 6.92 Å². The molecule has 5 heteroatoms. The summed E-state index contributed by atoms with van der Waals surface area (Å²) in [6, 6.07) is 0. The topological polar surface area (TPSA) is 0 Å². The third-order valence-electron chi connectivity index (χ3n) is 0.498. The second-order valence-electron chi connectivity index (χ2n) is 1.39. The van der Waals surface area contributed by atoms with Crippen LogP contribution in [-0.2, 0) is 0 Å². The third kappa shape index (κ3) is 2.70. The Bertz CT molecular complexity index is 67.5. The summed E-state index contributed by atoms with van der Waals surface area (Å²) >= 11 is 1.83. The van der Waals surface area contributed by atoms with Gasteiger partial charge in [0.2, 0.25) is 3.68 Å². The van der Waals surface area contributed by atoms with E-state index in [-0.39, 0.29) is 0 Å². The molecule has 0 aliphatic rings. The van der Waals surface area contributed by atoms with Crippen molar-refractivity contribution in [2.24, 2.45) is 0 Å². The van der Waals surface area contributed by atoms with Crippen molar-refractivity contribution < 1.29 is 13.2 Å². The van der Waals surface area contributed by atoms with Crippen molar-refractivity contribution in [3.63, 3.8) is 0 Å². The molecular formula is C3H3F3I2. The van der Waals surface area contributed by atoms with E-state index in [2.05, 4.69) is 0 Å². The standard InChI is InChI=1S/C3H3F3I2/c1-2(4,7)3(5,6)8/h1H3. The van der Waals surface area contributed by atoms with Crippen LogP contribution in [0.4, 0.5) is 13.2 Å². The van der Waals surface area contributed by atoms with Crippen LogP contribution >= 0.6 is 45.2 Å². The largest absolute Gasteiger partial charge is 0.338 e. The molecule has 50 valence electrons. The summed E-state index contributed by atoms with van der Waals surface area (Å²) in [5.41, 5.74) is 0. The van der Waals surface area contributed by atoms with Crippen molar-refractivity contribution in [1.82, 2.24) is 0 Å². The number of hydrogen-bond acceptors (Lipinski definition) is 0. The molecule has 0 rings (SSSR count). The second kappa shape index (κ2) is 2.47. The highest BCUT2D eigenvalue weighted by molar-refractivity contribution is 14.1. The quantitative estimate of drug-likeness (QED) is 0.504. The lowest BCUT2D eigenvalue weighted by molar-refractivity contribution is 0.0318. The molecule has 0 aromatic heterocycles. The number of rotatable bonds is 1. The van der Waals surface area contributed by atoms with E-state index in [1.807, 2.05) is 0 Å². The molecule has 0 heterocycles. The van der Waals surface area contributed by atoms with Gasteiger partial charge in [0, 0.05) is 22.6 Å². The van der Waals surface area contributed by atoms with E-state index in [4.69, 9.17) is 0 Å². The molecule has 0 aliphatic heterocycles. The van der Waals surface area contributed by atoms with Gasteiger partial charge in [0.25, 0.3) is 0 Å². The van der Waals surface area contributed by atoms with Crippen LogP contribution in [0.25, 0.3) is 0 Å². The Kier molecular flexibility index (Phi) is 2.86. The van der Waals surface area contributed by atoms with Crippen LogP contribution in [0, 0.1) is 0 Å². The number of halogens is 5. The van der Waals surface area contributed by atoms with Gasteiger partial charge in [-0.05, 0) is 29.5 Å². The van der Waals surface area contributed by atoms with Gasteiger partial charge in [-0.1, -0.05) is 0 Å². The monoisotopic (exact) mass is 350 g/mol. The van der Waals surface area contributed by atoms with E-state index in [0.29, 0.717) is 0 Å². The molecule has 8 heavy (non-hydrogen) atoms. The molecule has 0 aliphatic carbocycles. The van der Waals surface area contributed by atoms with E-state index in [1.165, 1.54) is 0 Å². The van der Waals surface area contributed by atoms with Gasteiger partial charge in [0.15, 0.2) is 0 Å². The summed E-state index contributed by atoms with van der Waals surface area (Å²) < 4.78 is 30.1. The van der Waals surface area contributed by atoms with E-state index in [0.717, 1.165) is 52.1 Å². The van der Waals surface area contributed by atoms with Crippen molar-refractivity contribution in [2.45, 2.75) is 14.5 Å². The first kappa shape index (κ1) is 9.25. The zero-order chi connectivity index (χ0) is 7.00. The van der Waals surface area contributed by atoms with Crippen molar-refractivity contribution in [2.75, 3.05) is 0 Å². The third-order valence-corrected chi connectivity index (χ3v) is 3.22. The number of alkyl halides is 5. The Hall–Kier alpha value is 1.25. The van der Waals surface area contributed by atoms with Gasteiger partial charge in [0.05, 0.1) is 0 Å². The first-order valence-corrected chi connectivity index (χ1v) is 3.85. The Morgan fingerprint density at radius 3 is 1.25 bits per heavy atom. The summed E-state index contributed by atoms with van der Waals surface area (Å²) in [5, 5.41) is 0. The maximum Gasteiger partial charge on any atom is 0.338 e. The molecule has 0 fully saturated rings. The average Bonchev–Trinajstić information content (AvgIpc) is 1.25. The maximum absolute atomic E-state index is 12.1. The summed E-state index contributed by atoms with van der Waals surface area (Å²) in [6.45, 7) is 0.833. The van der Waals surface area contributed by atoms with Crippen LogP contribution in [0.3, 0.4) is 0 Å². The highest BCUT2D eigenvalue weighted by Crippen LogP contribution is 2.42. The summed E-state index contributed by atoms with van der Waals surface area (Å²) in [5.74, 6) is 0. The van der Waals surface area contributed by atoms with Crippen molar-refractivity contribution in [1.29, 1.82) is 0 Å². The smallest absolute Gasteiger partial charge is 0.225 e. The minimum Gasteiger partial charge on any atom is -0.225 e. The van der Waals surface area contributed by atoms with Crippen molar-refractivity contribution in [3.05, 3.63) is 0 Å². The van der Waals surface area contributed by atoms with E-state index in [9.17, 15) is 13.2 Å². The normalized spacial score (nSPS) is 20.2. The summed E-state index contributed by atoms with van der Waals surface area (Å²) in [6.07, 6.45) is 0. The minimum absolute atomic E-state index is 0.768. The molecule has 0 bridgehead atoms. The lowest BCUT2D eigenvalue weighted by Crippen LogP contribution is -2.28. The van der Waals surface area contributed by atoms with E-state index in [1.54, 1.807) is 0 Å². The highest BCUT2D eigenvalue weighted by Gasteiger charge is 2.46. The van der Waals surface area contributed by atoms with Gasteiger partial charge in [0.1, 0.15) is 0 Å². The molecule has 0 N–H and O–H groups in total. The average molecular weight is 350 g/mol. The SMILES string of the molecule is CC(F)(I)C(F)(F)I. The Balaban J connectivity index is 4.02. The molecule has 0 saturated heterocycles. The lowest BCUT2D eigenvalue weighted by Gasteiger charge is -2.17. The van der Waals surface area contributed by atoms with Gasteiger partial charge in [-0.3, -0.25) is 0 Å². The molecule has 1 unspecified atom stereocenters. The molecular weight excluding hydrogens is 347 g/mol. The van der Waals surface area contributed by atoms with Gasteiger partial charge in [-0.2, -0.15) is 8.78 Å².